The van der Waals surface area contributed by atoms with Crippen molar-refractivity contribution in [1.29, 1.82) is 0 Å². The summed E-state index contributed by atoms with van der Waals surface area (Å²) in [5.74, 6) is -3.92. The fourth-order valence-corrected chi connectivity index (χ4v) is 3.25. The molecule has 0 aromatic heterocycles. The third-order valence-electron chi connectivity index (χ3n) is 4.38. The maximum atomic E-state index is 11.7. The highest BCUT2D eigenvalue weighted by molar-refractivity contribution is 7.46. The quantitative estimate of drug-likeness (QED) is 0.170. The molecule has 2 atom stereocenters. The van der Waals surface area contributed by atoms with Gasteiger partial charge < -0.3 is 24.2 Å². The number of carbonyl (C=O) groups excluding carboxylic acids is 2. The molecule has 4 N–H and O–H groups in total. The van der Waals surface area contributed by atoms with Gasteiger partial charge in [-0.05, 0) is 6.42 Å². The van der Waals surface area contributed by atoms with Crippen LogP contribution in [0.5, 0.6) is 0 Å². The molecule has 0 spiro atoms. The number of unbranched alkanes of at least 4 members (excludes halogenated alkanes) is 8. The molecule has 29 heavy (non-hydrogen) atoms. The first-order chi connectivity index (χ1) is 13.7. The number of phosphoric acid groups is 1. The number of esters is 2. The molecule has 0 radical (unpaired) electrons. The van der Waals surface area contributed by atoms with Crippen LogP contribution in [0.3, 0.4) is 0 Å². The molecule has 0 unspecified atom stereocenters. The summed E-state index contributed by atoms with van der Waals surface area (Å²) >= 11 is 0. The summed E-state index contributed by atoms with van der Waals surface area (Å²) in [5.41, 5.74) is 0. The number of cyclic esters (lactones) is 1. The van der Waals surface area contributed by atoms with Crippen LogP contribution in [-0.4, -0.2) is 50.8 Å². The van der Waals surface area contributed by atoms with E-state index in [9.17, 15) is 24.4 Å². The zero-order valence-electron chi connectivity index (χ0n) is 16.6. The number of phosphoric ester groups is 1. The van der Waals surface area contributed by atoms with Crippen LogP contribution < -0.4 is 0 Å². The van der Waals surface area contributed by atoms with Crippen LogP contribution in [0.25, 0.3) is 0 Å². The molecular weight excluding hydrogens is 407 g/mol. The zero-order chi connectivity index (χ0) is 21.9. The van der Waals surface area contributed by atoms with Crippen LogP contribution in [-0.2, 0) is 28.2 Å². The van der Waals surface area contributed by atoms with Crippen molar-refractivity contribution >= 4 is 19.8 Å². The number of ether oxygens (including phenoxy) is 2. The number of carbonyl (C=O) groups is 2. The van der Waals surface area contributed by atoms with E-state index in [-0.39, 0.29) is 6.42 Å². The Bertz CT molecular complexity index is 612. The highest BCUT2D eigenvalue weighted by Crippen LogP contribution is 2.42. The first-order valence-electron chi connectivity index (χ1n) is 9.88. The van der Waals surface area contributed by atoms with E-state index in [0.29, 0.717) is 6.42 Å². The molecule has 0 amide bonds. The van der Waals surface area contributed by atoms with E-state index in [1.165, 1.54) is 32.1 Å². The van der Waals surface area contributed by atoms with Crippen molar-refractivity contribution in [3.05, 3.63) is 11.5 Å². The SMILES string of the molecule is CCCCCCCCCCCC(=O)OC[C@H](O)[C@H]1OC(=O)C(OP(=O)(O)O)=C1O. The lowest BCUT2D eigenvalue weighted by Gasteiger charge is -2.17. The van der Waals surface area contributed by atoms with Crippen LogP contribution in [0.2, 0.25) is 0 Å². The third kappa shape index (κ3) is 10.1. The number of hydrogen-bond donors (Lipinski definition) is 4. The lowest BCUT2D eigenvalue weighted by Crippen LogP contribution is -2.33. The van der Waals surface area contributed by atoms with Crippen LogP contribution in [0.4, 0.5) is 0 Å². The Balaban J connectivity index is 2.24. The maximum absolute atomic E-state index is 11.7. The van der Waals surface area contributed by atoms with Crippen molar-refractivity contribution < 1.29 is 48.2 Å². The minimum atomic E-state index is -5.09. The second-order valence-electron chi connectivity index (χ2n) is 6.95. The molecule has 0 saturated heterocycles. The van der Waals surface area contributed by atoms with Crippen molar-refractivity contribution in [2.75, 3.05) is 6.61 Å². The molecule has 168 valence electrons. The van der Waals surface area contributed by atoms with E-state index in [2.05, 4.69) is 16.2 Å². The molecule has 1 heterocycles. The fraction of sp³-hybridized carbons (Fsp3) is 0.778. The molecule has 0 aliphatic carbocycles. The number of hydrogen-bond acceptors (Lipinski definition) is 8. The molecule has 10 nitrogen and oxygen atoms in total. The second kappa shape index (κ2) is 12.8. The summed E-state index contributed by atoms with van der Waals surface area (Å²) in [6.45, 7) is 1.62. The summed E-state index contributed by atoms with van der Waals surface area (Å²) < 4.78 is 24.3. The van der Waals surface area contributed by atoms with Crippen molar-refractivity contribution in [1.82, 2.24) is 0 Å². The highest BCUT2D eigenvalue weighted by atomic mass is 31.2. The Morgan fingerprint density at radius 2 is 1.66 bits per heavy atom. The summed E-state index contributed by atoms with van der Waals surface area (Å²) in [7, 11) is -5.09. The van der Waals surface area contributed by atoms with E-state index in [1.807, 2.05) is 0 Å². The van der Waals surface area contributed by atoms with Gasteiger partial charge in [0.25, 0.3) is 5.76 Å². The smallest absolute Gasteiger partial charge is 0.505 e. The number of aliphatic hydroxyl groups is 2. The summed E-state index contributed by atoms with van der Waals surface area (Å²) in [4.78, 5) is 40.6. The van der Waals surface area contributed by atoms with Crippen molar-refractivity contribution in [2.45, 2.75) is 83.3 Å². The van der Waals surface area contributed by atoms with Crippen LogP contribution in [0, 0.1) is 0 Å². The molecule has 0 aromatic carbocycles. The lowest BCUT2D eigenvalue weighted by atomic mass is 10.1. The monoisotopic (exact) mass is 438 g/mol. The van der Waals surface area contributed by atoms with Gasteiger partial charge in [-0.3, -0.25) is 14.6 Å². The molecule has 1 aliphatic rings. The van der Waals surface area contributed by atoms with Gasteiger partial charge in [-0.15, -0.1) is 0 Å². The standard InChI is InChI=1S/C18H31O10P/c1-2-3-4-5-6-7-8-9-10-11-14(20)26-12-13(19)16-15(21)17(18(22)27-16)28-29(23,24)25/h13,16,19,21H,2-12H2,1H3,(H2,23,24,25)/t13-,16+/m0/s1. The third-order valence-corrected chi connectivity index (χ3v) is 4.80. The first-order valence-corrected chi connectivity index (χ1v) is 11.4. The minimum absolute atomic E-state index is 0.182. The van der Waals surface area contributed by atoms with Crippen LogP contribution in [0.1, 0.15) is 71.1 Å². The molecule has 0 aromatic rings. The Kier molecular flexibility index (Phi) is 11.3. The molecular formula is C18H31O10P. The van der Waals surface area contributed by atoms with Crippen LogP contribution >= 0.6 is 7.82 Å². The highest BCUT2D eigenvalue weighted by Gasteiger charge is 2.43. The van der Waals surface area contributed by atoms with E-state index < -0.39 is 50.1 Å². The summed E-state index contributed by atoms with van der Waals surface area (Å²) in [5, 5.41) is 19.7. The van der Waals surface area contributed by atoms with Gasteiger partial charge in [-0.25, -0.2) is 9.36 Å². The van der Waals surface area contributed by atoms with E-state index in [0.717, 1.165) is 19.3 Å². The van der Waals surface area contributed by atoms with Gasteiger partial charge in [-0.1, -0.05) is 58.3 Å². The predicted octanol–water partition coefficient (Wildman–Crippen LogP) is 2.62. The van der Waals surface area contributed by atoms with Crippen LogP contribution in [0.15, 0.2) is 11.5 Å². The van der Waals surface area contributed by atoms with Gasteiger partial charge in [0.15, 0.2) is 11.9 Å². The molecule has 0 bridgehead atoms. The van der Waals surface area contributed by atoms with Gasteiger partial charge in [0.2, 0.25) is 0 Å². The summed E-state index contributed by atoms with van der Waals surface area (Å²) in [6, 6.07) is 0. The summed E-state index contributed by atoms with van der Waals surface area (Å²) in [6.07, 6.45) is 6.86. The maximum Gasteiger partial charge on any atom is 0.525 e. The minimum Gasteiger partial charge on any atom is -0.505 e. The number of rotatable bonds is 15. The van der Waals surface area contributed by atoms with E-state index in [1.54, 1.807) is 0 Å². The van der Waals surface area contributed by atoms with Gasteiger partial charge in [0, 0.05) is 6.42 Å². The van der Waals surface area contributed by atoms with Crippen molar-refractivity contribution in [3.8, 4) is 0 Å². The van der Waals surface area contributed by atoms with Gasteiger partial charge in [0.1, 0.15) is 12.7 Å². The molecule has 11 heteroatoms. The topological polar surface area (TPSA) is 160 Å². The zero-order valence-corrected chi connectivity index (χ0v) is 17.5. The van der Waals surface area contributed by atoms with E-state index in [4.69, 9.17) is 14.5 Å². The fourth-order valence-electron chi connectivity index (χ4n) is 2.84. The van der Waals surface area contributed by atoms with Crippen molar-refractivity contribution in [2.24, 2.45) is 0 Å². The Labute approximate surface area is 170 Å². The molecule has 0 saturated carbocycles. The van der Waals surface area contributed by atoms with Gasteiger partial charge >= 0.3 is 19.8 Å². The molecule has 1 rings (SSSR count). The molecule has 0 fully saturated rings. The average molecular weight is 438 g/mol. The Morgan fingerprint density at radius 3 is 2.21 bits per heavy atom. The first kappa shape index (κ1) is 25.4. The normalized spacial score (nSPS) is 17.9. The predicted molar refractivity (Wildman–Crippen MR) is 101 cm³/mol. The van der Waals surface area contributed by atoms with Gasteiger partial charge in [-0.2, -0.15) is 0 Å². The molecule has 1 aliphatic heterocycles. The van der Waals surface area contributed by atoms with Gasteiger partial charge in [0.05, 0.1) is 0 Å². The number of aliphatic hydroxyl groups excluding tert-OH is 2. The average Bonchev–Trinajstić information content (AvgIpc) is 2.91. The Morgan fingerprint density at radius 1 is 1.10 bits per heavy atom. The van der Waals surface area contributed by atoms with E-state index >= 15 is 0 Å². The largest absolute Gasteiger partial charge is 0.525 e. The second-order valence-corrected chi connectivity index (χ2v) is 8.11. The van der Waals surface area contributed by atoms with Crippen molar-refractivity contribution in [3.63, 3.8) is 0 Å². The Hall–Kier alpha value is -1.61. The lowest BCUT2D eigenvalue weighted by molar-refractivity contribution is -0.154.